The Morgan fingerprint density at radius 1 is 0.566 bits per heavy atom. The van der Waals surface area contributed by atoms with E-state index in [2.05, 4.69) is 13.8 Å². The Labute approximate surface area is 310 Å². The second kappa shape index (κ2) is 11.4. The highest BCUT2D eigenvalue weighted by molar-refractivity contribution is 5.98. The number of rotatable bonds is 6. The van der Waals surface area contributed by atoms with E-state index in [0.717, 1.165) is 25.7 Å². The van der Waals surface area contributed by atoms with Gasteiger partial charge < -0.3 is 24.4 Å². The Balaban J connectivity index is 1.04. The van der Waals surface area contributed by atoms with E-state index >= 15 is 0 Å². The van der Waals surface area contributed by atoms with Gasteiger partial charge in [-0.2, -0.15) is 0 Å². The van der Waals surface area contributed by atoms with Gasteiger partial charge in [-0.1, -0.05) is 13.8 Å². The number of hydrogen-bond acceptors (Lipinski definition) is 10. The van der Waals surface area contributed by atoms with Crippen LogP contribution in [-0.2, 0) is 43.0 Å². The fourth-order valence-corrected chi connectivity index (χ4v) is 16.9. The highest BCUT2D eigenvalue weighted by atomic mass is 16.6. The topological polar surface area (TPSA) is 171 Å². The second-order valence-electron chi connectivity index (χ2n) is 20.7. The van der Waals surface area contributed by atoms with Crippen molar-refractivity contribution in [2.24, 2.45) is 130 Å². The highest BCUT2D eigenvalue weighted by Gasteiger charge is 2.73. The summed E-state index contributed by atoms with van der Waals surface area (Å²) in [6.45, 7) is 9.91. The maximum atomic E-state index is 14.4. The third-order valence-corrected chi connectivity index (χ3v) is 18.0. The molecular weight excluding hydrogens is 680 g/mol. The number of ether oxygens (including phenoxy) is 3. The van der Waals surface area contributed by atoms with Crippen molar-refractivity contribution in [1.29, 1.82) is 0 Å². The molecule has 53 heavy (non-hydrogen) atoms. The molecule has 2 saturated heterocycles. The average Bonchev–Trinajstić information content (AvgIpc) is 3.91. The summed E-state index contributed by atoms with van der Waals surface area (Å²) >= 11 is 0. The minimum absolute atomic E-state index is 0.0111. The summed E-state index contributed by atoms with van der Waals surface area (Å²) in [5.74, 6) is -5.91. The van der Waals surface area contributed by atoms with Gasteiger partial charge in [-0.25, -0.2) is 0 Å². The fourth-order valence-electron chi connectivity index (χ4n) is 16.9. The Bertz CT molecular complexity index is 1680. The van der Waals surface area contributed by atoms with Crippen LogP contribution in [0.2, 0.25) is 0 Å². The predicted molar refractivity (Wildman–Crippen MR) is 182 cm³/mol. The lowest BCUT2D eigenvalue weighted by molar-refractivity contribution is -0.166. The smallest absolute Gasteiger partial charge is 0.317 e. The van der Waals surface area contributed by atoms with Crippen LogP contribution in [0.25, 0.3) is 0 Å². The first-order valence-electron chi connectivity index (χ1n) is 20.7. The maximum absolute atomic E-state index is 14.4. The predicted octanol–water partition coefficient (Wildman–Crippen LogP) is 4.38. The quantitative estimate of drug-likeness (QED) is 0.226. The van der Waals surface area contributed by atoms with Crippen molar-refractivity contribution in [2.45, 2.75) is 91.3 Å². The largest absolute Gasteiger partial charge is 0.481 e. The minimum Gasteiger partial charge on any atom is -0.481 e. The van der Waals surface area contributed by atoms with Crippen molar-refractivity contribution in [2.75, 3.05) is 0 Å². The van der Waals surface area contributed by atoms with Crippen molar-refractivity contribution < 1.29 is 53.2 Å². The zero-order chi connectivity index (χ0) is 37.3. The molecule has 0 aromatic carbocycles. The van der Waals surface area contributed by atoms with Crippen LogP contribution in [0.15, 0.2) is 0 Å². The summed E-state index contributed by atoms with van der Waals surface area (Å²) in [7, 11) is 0. The molecule has 2 N–H and O–H groups in total. The lowest BCUT2D eigenvalue weighted by atomic mass is 9.53. The third-order valence-electron chi connectivity index (χ3n) is 18.0. The molecule has 8 bridgehead atoms. The van der Waals surface area contributed by atoms with Gasteiger partial charge in [0.15, 0.2) is 0 Å². The molecule has 288 valence electrons. The van der Waals surface area contributed by atoms with Crippen LogP contribution in [0.3, 0.4) is 0 Å². The molecule has 0 radical (unpaired) electrons. The molecule has 10 fully saturated rings. The summed E-state index contributed by atoms with van der Waals surface area (Å²) in [4.78, 5) is 80.8. The van der Waals surface area contributed by atoms with Crippen molar-refractivity contribution in [3.63, 3.8) is 0 Å². The summed E-state index contributed by atoms with van der Waals surface area (Å²) in [5, 5.41) is 21.4. The molecule has 11 heteroatoms. The van der Waals surface area contributed by atoms with Crippen molar-refractivity contribution >= 4 is 35.8 Å². The van der Waals surface area contributed by atoms with Crippen LogP contribution < -0.4 is 0 Å². The summed E-state index contributed by atoms with van der Waals surface area (Å²) < 4.78 is 16.9. The van der Waals surface area contributed by atoms with Crippen LogP contribution in [0.4, 0.5) is 0 Å². The fraction of sp³-hybridized carbons (Fsp3) is 0.857. The zero-order valence-electron chi connectivity index (χ0n) is 31.3. The molecule has 8 saturated carbocycles. The third kappa shape index (κ3) is 4.61. The molecule has 0 amide bonds. The standard InChI is InChI=1S/C42H54O11/c1-13-18-6-15(8-21(18)36(44)45)26(13)31-23-10-17(11-25(23)43)29(31)34-35(41(50)52-40(34)49)30-20-7-16(9-22(20)37(46)53-42(3,4)5)28(30)27-14(2)19-12-24(27)33-32(19)38(47)51-39(33)48/h13-35,43H,6-12H2,1-5H3,(H,44,45). The van der Waals surface area contributed by atoms with E-state index in [0.29, 0.717) is 19.3 Å². The Morgan fingerprint density at radius 3 is 1.74 bits per heavy atom. The molecule has 11 nitrogen and oxygen atoms in total. The first-order valence-corrected chi connectivity index (χ1v) is 20.7. The van der Waals surface area contributed by atoms with E-state index < -0.39 is 71.1 Å². The number of hydrogen-bond donors (Lipinski definition) is 2. The van der Waals surface area contributed by atoms with Crippen LogP contribution in [-0.4, -0.2) is 57.7 Å². The second-order valence-corrected chi connectivity index (χ2v) is 20.7. The van der Waals surface area contributed by atoms with Gasteiger partial charge in [0.2, 0.25) is 0 Å². The number of aliphatic carboxylic acids is 1. The molecule has 2 heterocycles. The van der Waals surface area contributed by atoms with Crippen LogP contribution >= 0.6 is 0 Å². The number of carboxylic acid groups (broad SMARTS) is 1. The molecular formula is C42H54O11. The lowest BCUT2D eigenvalue weighted by Gasteiger charge is -2.49. The number of fused-ring (bicyclic) bond motifs is 11. The lowest BCUT2D eigenvalue weighted by Crippen LogP contribution is -2.51. The number of esters is 5. The summed E-state index contributed by atoms with van der Waals surface area (Å²) in [5.41, 5.74) is -0.684. The number of cyclic esters (lactones) is 4. The Hall–Kier alpha value is -2.82. The Kier molecular flexibility index (Phi) is 7.44. The SMILES string of the molecule is CC1C2CC(CC2C(=O)O)C1C1C2CC(CC2O)C1C1C(=O)OC(=O)C1C1C2CC(CC2C(=O)OC(C)(C)C)C1C1C(C)C2CC1C1C(=O)OC(=O)C21. The van der Waals surface area contributed by atoms with Crippen LogP contribution in [0.5, 0.6) is 0 Å². The van der Waals surface area contributed by atoms with Gasteiger partial charge in [0, 0.05) is 0 Å². The monoisotopic (exact) mass is 734 g/mol. The first kappa shape index (κ1) is 34.7. The normalized spacial score (nSPS) is 55.7. The van der Waals surface area contributed by atoms with E-state index in [1.165, 1.54) is 0 Å². The van der Waals surface area contributed by atoms with Crippen molar-refractivity contribution in [1.82, 2.24) is 0 Å². The molecule has 0 spiro atoms. The summed E-state index contributed by atoms with van der Waals surface area (Å²) in [6, 6.07) is 0. The molecule has 23 atom stereocenters. The maximum Gasteiger partial charge on any atom is 0.317 e. The van der Waals surface area contributed by atoms with Crippen molar-refractivity contribution in [3.05, 3.63) is 0 Å². The van der Waals surface area contributed by atoms with Crippen LogP contribution in [0, 0.1) is 130 Å². The molecule has 8 aliphatic carbocycles. The molecule has 10 aliphatic rings. The van der Waals surface area contributed by atoms with Gasteiger partial charge in [-0.3, -0.25) is 28.8 Å². The van der Waals surface area contributed by atoms with E-state index in [1.807, 2.05) is 20.8 Å². The van der Waals surface area contributed by atoms with E-state index in [1.54, 1.807) is 0 Å². The summed E-state index contributed by atoms with van der Waals surface area (Å²) in [6.07, 6.45) is 4.47. The van der Waals surface area contributed by atoms with Crippen LogP contribution in [0.1, 0.15) is 79.6 Å². The van der Waals surface area contributed by atoms with E-state index in [9.17, 15) is 39.0 Å². The van der Waals surface area contributed by atoms with E-state index in [-0.39, 0.29) is 107 Å². The van der Waals surface area contributed by atoms with E-state index in [4.69, 9.17) is 14.2 Å². The minimum atomic E-state index is -0.753. The number of carbonyl (C=O) groups excluding carboxylic acids is 5. The number of carboxylic acids is 1. The first-order chi connectivity index (χ1) is 25.1. The Morgan fingerprint density at radius 2 is 1.09 bits per heavy atom. The molecule has 10 rings (SSSR count). The number of carbonyl (C=O) groups is 6. The molecule has 23 unspecified atom stereocenters. The highest BCUT2D eigenvalue weighted by Crippen LogP contribution is 2.72. The molecule has 0 aromatic heterocycles. The average molecular weight is 735 g/mol. The molecule has 2 aliphatic heterocycles. The van der Waals surface area contributed by atoms with Gasteiger partial charge >= 0.3 is 35.8 Å². The van der Waals surface area contributed by atoms with Gasteiger partial charge in [0.1, 0.15) is 5.60 Å². The van der Waals surface area contributed by atoms with Gasteiger partial charge in [0.25, 0.3) is 0 Å². The molecule has 0 aromatic rings. The van der Waals surface area contributed by atoms with Gasteiger partial charge in [0.05, 0.1) is 41.6 Å². The van der Waals surface area contributed by atoms with Gasteiger partial charge in [-0.15, -0.1) is 0 Å². The van der Waals surface area contributed by atoms with Crippen molar-refractivity contribution in [3.8, 4) is 0 Å². The van der Waals surface area contributed by atoms with Gasteiger partial charge in [-0.05, 0) is 160 Å². The zero-order valence-corrected chi connectivity index (χ0v) is 31.3. The number of aliphatic hydroxyl groups excluding tert-OH is 1. The number of aliphatic hydroxyl groups is 1.